The van der Waals surface area contributed by atoms with Crippen LogP contribution in [0.15, 0.2) is 24.5 Å². The van der Waals surface area contributed by atoms with Crippen molar-refractivity contribution in [3.63, 3.8) is 0 Å². The zero-order valence-electron chi connectivity index (χ0n) is 18.9. The van der Waals surface area contributed by atoms with Crippen molar-refractivity contribution in [2.75, 3.05) is 34.5 Å². The van der Waals surface area contributed by atoms with Gasteiger partial charge in [-0.05, 0) is 37.5 Å². The molecule has 10 heteroatoms. The number of nitrogens with zero attached hydrogens (tertiary/aromatic N) is 2. The molecule has 0 radical (unpaired) electrons. The van der Waals surface area contributed by atoms with E-state index in [-0.39, 0.29) is 11.4 Å². The molecular formula is C23H28N2O8. The van der Waals surface area contributed by atoms with Crippen LogP contribution in [0.3, 0.4) is 0 Å². The predicted molar refractivity (Wildman–Crippen MR) is 116 cm³/mol. The second kappa shape index (κ2) is 11.3. The predicted octanol–water partition coefficient (Wildman–Crippen LogP) is 3.24. The van der Waals surface area contributed by atoms with Crippen LogP contribution in [0.5, 0.6) is 23.0 Å². The Hall–Kier alpha value is -3.56. The average molecular weight is 460 g/mol. The number of aromatic nitrogens is 2. The van der Waals surface area contributed by atoms with Crippen LogP contribution in [0.1, 0.15) is 46.7 Å². The number of methoxy groups -OCH3 is 3. The van der Waals surface area contributed by atoms with E-state index in [0.717, 1.165) is 0 Å². The maximum atomic E-state index is 11.3. The van der Waals surface area contributed by atoms with Gasteiger partial charge >= 0.3 is 11.9 Å². The van der Waals surface area contributed by atoms with Crippen molar-refractivity contribution < 1.29 is 38.4 Å². The molecule has 2 fully saturated rings. The Balaban J connectivity index is 0.000000186. The second-order valence-corrected chi connectivity index (χ2v) is 7.75. The van der Waals surface area contributed by atoms with Crippen LogP contribution >= 0.6 is 0 Å². The van der Waals surface area contributed by atoms with Gasteiger partial charge in [-0.15, -0.1) is 0 Å². The summed E-state index contributed by atoms with van der Waals surface area (Å²) in [5.74, 6) is 1.69. The fourth-order valence-electron chi connectivity index (χ4n) is 2.70. The first-order valence-electron chi connectivity index (χ1n) is 10.6. The Bertz CT molecular complexity index is 973. The van der Waals surface area contributed by atoms with Gasteiger partial charge in [0.2, 0.25) is 0 Å². The molecular weight excluding hydrogens is 432 g/mol. The molecule has 2 saturated carbocycles. The molecule has 2 heterocycles. The maximum absolute atomic E-state index is 11.3. The van der Waals surface area contributed by atoms with Gasteiger partial charge in [0, 0.05) is 12.1 Å². The van der Waals surface area contributed by atoms with Crippen LogP contribution in [0.4, 0.5) is 0 Å². The molecule has 4 rings (SSSR count). The van der Waals surface area contributed by atoms with Gasteiger partial charge in [-0.3, -0.25) is 0 Å². The summed E-state index contributed by atoms with van der Waals surface area (Å²) in [5, 5.41) is 8.76. The van der Waals surface area contributed by atoms with Crippen LogP contribution in [0, 0.1) is 11.8 Å². The lowest BCUT2D eigenvalue weighted by atomic mass is 10.3. The molecule has 0 aliphatic heterocycles. The average Bonchev–Trinajstić information content (AvgIpc) is 3.76. The summed E-state index contributed by atoms with van der Waals surface area (Å²) in [6, 6.07) is 2.89. The molecule has 2 aromatic rings. The number of hydrogen-bond donors (Lipinski definition) is 1. The van der Waals surface area contributed by atoms with Crippen LogP contribution in [0.25, 0.3) is 0 Å². The van der Waals surface area contributed by atoms with Crippen molar-refractivity contribution in [1.82, 2.24) is 9.97 Å². The van der Waals surface area contributed by atoms with E-state index < -0.39 is 11.9 Å². The Labute approximate surface area is 191 Å². The van der Waals surface area contributed by atoms with Crippen LogP contribution in [-0.4, -0.2) is 61.6 Å². The zero-order valence-corrected chi connectivity index (χ0v) is 18.9. The number of hydrogen-bond acceptors (Lipinski definition) is 9. The summed E-state index contributed by atoms with van der Waals surface area (Å²) in [6.45, 7) is 1.32. The fraction of sp³-hybridized carbons (Fsp3) is 0.478. The highest BCUT2D eigenvalue weighted by Crippen LogP contribution is 2.33. The van der Waals surface area contributed by atoms with Gasteiger partial charge in [0.05, 0.1) is 46.9 Å². The van der Waals surface area contributed by atoms with Gasteiger partial charge < -0.3 is 28.8 Å². The summed E-state index contributed by atoms with van der Waals surface area (Å²) in [6.07, 6.45) is 7.72. The molecule has 33 heavy (non-hydrogen) atoms. The maximum Gasteiger partial charge on any atom is 0.356 e. The van der Waals surface area contributed by atoms with E-state index in [1.807, 2.05) is 0 Å². The summed E-state index contributed by atoms with van der Waals surface area (Å²) >= 11 is 0. The normalized spacial score (nSPS) is 14.4. The lowest BCUT2D eigenvalue weighted by Gasteiger charge is -2.10. The Morgan fingerprint density at radius 3 is 1.67 bits per heavy atom. The standard InChI is InChI=1S/C12H15NO4.C11H13NO4/c1-15-10-5-9(12(14)16-2)13-6-11(10)17-7-8-3-4-8;1-15-9-4-8(11(13)14)12-5-10(9)16-6-7-2-3-7/h5-6,8H,3-4,7H2,1-2H3;4-5,7H,2-3,6H2,1H3,(H,13,14). The molecule has 0 bridgehead atoms. The van der Waals surface area contributed by atoms with Crippen molar-refractivity contribution in [2.24, 2.45) is 11.8 Å². The lowest BCUT2D eigenvalue weighted by molar-refractivity contribution is 0.0592. The highest BCUT2D eigenvalue weighted by molar-refractivity contribution is 5.87. The highest BCUT2D eigenvalue weighted by atomic mass is 16.5. The molecule has 178 valence electrons. The van der Waals surface area contributed by atoms with Gasteiger partial charge in [-0.2, -0.15) is 0 Å². The summed E-state index contributed by atoms with van der Waals surface area (Å²) in [5.41, 5.74) is 0.166. The highest BCUT2D eigenvalue weighted by Gasteiger charge is 2.24. The van der Waals surface area contributed by atoms with Crippen molar-refractivity contribution >= 4 is 11.9 Å². The van der Waals surface area contributed by atoms with E-state index in [4.69, 9.17) is 24.1 Å². The van der Waals surface area contributed by atoms with Crippen molar-refractivity contribution in [3.05, 3.63) is 35.9 Å². The first kappa shape index (κ1) is 24.1. The quantitative estimate of drug-likeness (QED) is 0.528. The smallest absolute Gasteiger partial charge is 0.356 e. The Morgan fingerprint density at radius 1 is 0.818 bits per heavy atom. The van der Waals surface area contributed by atoms with Crippen LogP contribution in [0.2, 0.25) is 0 Å². The Kier molecular flexibility index (Phi) is 8.28. The molecule has 2 aliphatic rings. The number of pyridine rings is 2. The molecule has 2 aromatic heterocycles. The number of carbonyl (C=O) groups excluding carboxylic acids is 1. The molecule has 0 unspecified atom stereocenters. The van der Waals surface area contributed by atoms with Crippen LogP contribution in [-0.2, 0) is 4.74 Å². The van der Waals surface area contributed by atoms with Gasteiger partial charge in [0.25, 0.3) is 0 Å². The number of carbonyl (C=O) groups is 2. The van der Waals surface area contributed by atoms with E-state index in [9.17, 15) is 9.59 Å². The second-order valence-electron chi connectivity index (χ2n) is 7.75. The van der Waals surface area contributed by atoms with Crippen LogP contribution < -0.4 is 18.9 Å². The van der Waals surface area contributed by atoms with E-state index >= 15 is 0 Å². The summed E-state index contributed by atoms with van der Waals surface area (Å²) < 4.78 is 25.9. The Morgan fingerprint density at radius 2 is 1.27 bits per heavy atom. The molecule has 2 aliphatic carbocycles. The third-order valence-corrected chi connectivity index (χ3v) is 5.06. The zero-order chi connectivity index (χ0) is 23.8. The molecule has 1 N–H and O–H groups in total. The van der Waals surface area contributed by atoms with Gasteiger partial charge in [-0.1, -0.05) is 0 Å². The molecule has 0 amide bonds. The first-order valence-corrected chi connectivity index (χ1v) is 10.6. The number of ether oxygens (including phenoxy) is 5. The first-order chi connectivity index (χ1) is 15.9. The number of carboxylic acids is 1. The largest absolute Gasteiger partial charge is 0.493 e. The van der Waals surface area contributed by atoms with Crippen molar-refractivity contribution in [3.8, 4) is 23.0 Å². The van der Waals surface area contributed by atoms with Crippen molar-refractivity contribution in [1.29, 1.82) is 0 Å². The molecule has 0 aromatic carbocycles. The molecule has 0 saturated heterocycles. The SMILES string of the molecule is COC(=O)c1cc(OC)c(OCC2CC2)cn1.COc1cc(C(=O)O)ncc1OCC1CC1. The molecule has 0 spiro atoms. The van der Waals surface area contributed by atoms with Gasteiger partial charge in [0.1, 0.15) is 0 Å². The number of aromatic carboxylic acids is 1. The summed E-state index contributed by atoms with van der Waals surface area (Å²) in [4.78, 5) is 29.7. The van der Waals surface area contributed by atoms with E-state index in [1.165, 1.54) is 71.5 Å². The lowest BCUT2D eigenvalue weighted by Crippen LogP contribution is -2.06. The molecule has 0 atom stereocenters. The molecule has 10 nitrogen and oxygen atoms in total. The van der Waals surface area contributed by atoms with E-state index in [0.29, 0.717) is 48.0 Å². The van der Waals surface area contributed by atoms with E-state index in [1.54, 1.807) is 0 Å². The minimum Gasteiger partial charge on any atom is -0.493 e. The fourth-order valence-corrected chi connectivity index (χ4v) is 2.70. The topological polar surface area (TPSA) is 126 Å². The van der Waals surface area contributed by atoms with Gasteiger partial charge in [0.15, 0.2) is 34.4 Å². The summed E-state index contributed by atoms with van der Waals surface area (Å²) in [7, 11) is 4.32. The number of rotatable bonds is 10. The third-order valence-electron chi connectivity index (χ3n) is 5.06. The monoisotopic (exact) mass is 460 g/mol. The number of esters is 1. The van der Waals surface area contributed by atoms with Crippen molar-refractivity contribution in [2.45, 2.75) is 25.7 Å². The third kappa shape index (κ3) is 7.23. The minimum absolute atomic E-state index is 0.0457. The van der Waals surface area contributed by atoms with E-state index in [2.05, 4.69) is 14.7 Å². The number of carboxylic acid groups (broad SMARTS) is 1. The van der Waals surface area contributed by atoms with Gasteiger partial charge in [-0.25, -0.2) is 19.6 Å². The minimum atomic E-state index is -1.08.